The first kappa shape index (κ1) is 17.0. The molecule has 9 heteroatoms. The molecular weight excluding hydrogens is 346 g/mol. The van der Waals surface area contributed by atoms with E-state index in [4.69, 9.17) is 9.15 Å². The van der Waals surface area contributed by atoms with E-state index in [0.717, 1.165) is 10.4 Å². The van der Waals surface area contributed by atoms with Crippen molar-refractivity contribution >= 4 is 34.2 Å². The maximum atomic E-state index is 12.3. The van der Waals surface area contributed by atoms with Crippen LogP contribution >= 0.6 is 11.3 Å². The molecule has 0 spiro atoms. The number of amides is 3. The van der Waals surface area contributed by atoms with Crippen molar-refractivity contribution in [3.63, 3.8) is 0 Å². The van der Waals surface area contributed by atoms with Crippen LogP contribution in [0.15, 0.2) is 22.8 Å². The number of furan rings is 1. The van der Waals surface area contributed by atoms with Crippen LogP contribution in [0.1, 0.15) is 31.4 Å². The van der Waals surface area contributed by atoms with Crippen LogP contribution in [-0.4, -0.2) is 43.5 Å². The molecule has 0 saturated heterocycles. The van der Waals surface area contributed by atoms with Gasteiger partial charge in [0.15, 0.2) is 5.76 Å². The van der Waals surface area contributed by atoms with E-state index in [1.165, 1.54) is 31.8 Å². The molecule has 132 valence electrons. The average molecular weight is 363 g/mol. The molecule has 0 aliphatic carbocycles. The Morgan fingerprint density at radius 3 is 2.76 bits per heavy atom. The first-order chi connectivity index (χ1) is 12.0. The standard InChI is InChI=1S/C16H17N3O5S/c1-17-14(21)12-9-5-6-19(16(22)23-2)8-11(9)25-15(12)18-13(20)10-4-3-7-24-10/h3-4,7H,5-6,8H2,1-2H3,(H,17,21)(H,18,20). The summed E-state index contributed by atoms with van der Waals surface area (Å²) in [5.41, 5.74) is 1.28. The smallest absolute Gasteiger partial charge is 0.409 e. The SMILES string of the molecule is CNC(=O)c1c(NC(=O)c2ccco2)sc2c1CCN(C(=O)OC)C2. The number of fused-ring (bicyclic) bond motifs is 1. The molecule has 0 saturated carbocycles. The number of hydrogen-bond acceptors (Lipinski definition) is 6. The van der Waals surface area contributed by atoms with Crippen LogP contribution in [0.25, 0.3) is 0 Å². The molecule has 25 heavy (non-hydrogen) atoms. The molecule has 0 aromatic carbocycles. The van der Waals surface area contributed by atoms with Crippen LogP contribution in [0.3, 0.4) is 0 Å². The maximum absolute atomic E-state index is 12.3. The van der Waals surface area contributed by atoms with E-state index in [0.29, 0.717) is 30.1 Å². The Balaban J connectivity index is 1.93. The van der Waals surface area contributed by atoms with Gasteiger partial charge >= 0.3 is 6.09 Å². The van der Waals surface area contributed by atoms with Crippen molar-refractivity contribution in [2.75, 3.05) is 26.0 Å². The van der Waals surface area contributed by atoms with Crippen LogP contribution in [0.4, 0.5) is 9.80 Å². The number of carbonyl (C=O) groups excluding carboxylic acids is 3. The van der Waals surface area contributed by atoms with Crippen molar-refractivity contribution in [2.24, 2.45) is 0 Å². The number of carbonyl (C=O) groups is 3. The van der Waals surface area contributed by atoms with E-state index < -0.39 is 12.0 Å². The molecule has 2 N–H and O–H groups in total. The summed E-state index contributed by atoms with van der Waals surface area (Å²) in [6, 6.07) is 3.16. The van der Waals surface area contributed by atoms with Gasteiger partial charge in [-0.15, -0.1) is 11.3 Å². The van der Waals surface area contributed by atoms with Crippen molar-refractivity contribution in [1.82, 2.24) is 10.2 Å². The molecule has 0 atom stereocenters. The number of methoxy groups -OCH3 is 1. The maximum Gasteiger partial charge on any atom is 0.409 e. The minimum absolute atomic E-state index is 0.158. The third-order valence-corrected chi connectivity index (χ3v) is 5.05. The Morgan fingerprint density at radius 2 is 2.12 bits per heavy atom. The molecule has 0 bridgehead atoms. The summed E-state index contributed by atoms with van der Waals surface area (Å²) in [5, 5.41) is 5.77. The molecule has 3 amide bonds. The summed E-state index contributed by atoms with van der Waals surface area (Å²) >= 11 is 1.28. The summed E-state index contributed by atoms with van der Waals surface area (Å²) in [6.45, 7) is 0.791. The third-order valence-electron chi connectivity index (χ3n) is 3.92. The summed E-state index contributed by atoms with van der Waals surface area (Å²) in [5.74, 6) is -0.553. The molecule has 0 unspecified atom stereocenters. The summed E-state index contributed by atoms with van der Waals surface area (Å²) in [6.07, 6.45) is 1.50. The highest BCUT2D eigenvalue weighted by molar-refractivity contribution is 7.17. The van der Waals surface area contributed by atoms with E-state index in [-0.39, 0.29) is 11.7 Å². The second-order valence-electron chi connectivity index (χ2n) is 5.36. The van der Waals surface area contributed by atoms with Gasteiger partial charge < -0.3 is 24.7 Å². The molecular formula is C16H17N3O5S. The Morgan fingerprint density at radius 1 is 1.32 bits per heavy atom. The van der Waals surface area contributed by atoms with Crippen molar-refractivity contribution < 1.29 is 23.5 Å². The largest absolute Gasteiger partial charge is 0.459 e. The van der Waals surface area contributed by atoms with Gasteiger partial charge in [-0.25, -0.2) is 4.79 Å². The van der Waals surface area contributed by atoms with Crippen LogP contribution in [0.2, 0.25) is 0 Å². The quantitative estimate of drug-likeness (QED) is 0.869. The molecule has 1 aliphatic rings. The van der Waals surface area contributed by atoms with Gasteiger partial charge in [-0.05, 0) is 24.1 Å². The van der Waals surface area contributed by atoms with Gasteiger partial charge in [-0.2, -0.15) is 0 Å². The molecule has 3 rings (SSSR count). The minimum atomic E-state index is -0.432. The highest BCUT2D eigenvalue weighted by Crippen LogP contribution is 2.37. The number of ether oxygens (including phenoxy) is 1. The number of nitrogens with one attached hydrogen (secondary N) is 2. The summed E-state index contributed by atoms with van der Waals surface area (Å²) in [7, 11) is 2.87. The van der Waals surface area contributed by atoms with Gasteiger partial charge in [0, 0.05) is 18.5 Å². The van der Waals surface area contributed by atoms with Gasteiger partial charge in [0.1, 0.15) is 5.00 Å². The monoisotopic (exact) mass is 363 g/mol. The Kier molecular flexibility index (Phi) is 4.75. The summed E-state index contributed by atoms with van der Waals surface area (Å²) in [4.78, 5) is 38.7. The van der Waals surface area contributed by atoms with Gasteiger partial charge in [-0.3, -0.25) is 9.59 Å². The van der Waals surface area contributed by atoms with Gasteiger partial charge in [-0.1, -0.05) is 0 Å². The van der Waals surface area contributed by atoms with E-state index >= 15 is 0 Å². The lowest BCUT2D eigenvalue weighted by Gasteiger charge is -2.25. The molecule has 0 radical (unpaired) electrons. The van der Waals surface area contributed by atoms with Crippen LogP contribution in [0.5, 0.6) is 0 Å². The molecule has 3 heterocycles. The first-order valence-electron chi connectivity index (χ1n) is 7.59. The zero-order valence-corrected chi connectivity index (χ0v) is 14.6. The number of hydrogen-bond donors (Lipinski definition) is 2. The molecule has 2 aromatic heterocycles. The van der Waals surface area contributed by atoms with E-state index in [2.05, 4.69) is 10.6 Å². The van der Waals surface area contributed by atoms with Gasteiger partial charge in [0.05, 0.1) is 25.5 Å². The second-order valence-corrected chi connectivity index (χ2v) is 6.47. The first-order valence-corrected chi connectivity index (χ1v) is 8.41. The molecule has 8 nitrogen and oxygen atoms in total. The van der Waals surface area contributed by atoms with Crippen LogP contribution < -0.4 is 10.6 Å². The minimum Gasteiger partial charge on any atom is -0.459 e. The lowest BCUT2D eigenvalue weighted by Crippen LogP contribution is -2.35. The second kappa shape index (κ2) is 6.98. The third kappa shape index (κ3) is 3.22. The van der Waals surface area contributed by atoms with Crippen molar-refractivity contribution in [1.29, 1.82) is 0 Å². The fourth-order valence-electron chi connectivity index (χ4n) is 2.71. The number of thiophene rings is 1. The predicted molar refractivity (Wildman–Crippen MR) is 90.9 cm³/mol. The zero-order valence-electron chi connectivity index (χ0n) is 13.8. The normalized spacial score (nSPS) is 13.1. The van der Waals surface area contributed by atoms with Gasteiger partial charge in [0.2, 0.25) is 0 Å². The van der Waals surface area contributed by atoms with E-state index in [1.54, 1.807) is 17.0 Å². The zero-order chi connectivity index (χ0) is 18.0. The number of nitrogens with zero attached hydrogens (tertiary/aromatic N) is 1. The highest BCUT2D eigenvalue weighted by atomic mass is 32.1. The van der Waals surface area contributed by atoms with Crippen molar-refractivity contribution in [3.05, 3.63) is 40.2 Å². The fourth-order valence-corrected chi connectivity index (χ4v) is 3.97. The Hall–Kier alpha value is -2.81. The molecule has 0 fully saturated rings. The highest BCUT2D eigenvalue weighted by Gasteiger charge is 2.30. The van der Waals surface area contributed by atoms with Crippen molar-refractivity contribution in [3.8, 4) is 0 Å². The predicted octanol–water partition coefficient (Wildman–Crippen LogP) is 2.08. The van der Waals surface area contributed by atoms with Crippen LogP contribution in [0, 0.1) is 0 Å². The Labute approximate surface area is 147 Å². The average Bonchev–Trinajstić information content (AvgIpc) is 3.27. The number of rotatable bonds is 3. The molecule has 2 aromatic rings. The van der Waals surface area contributed by atoms with Crippen molar-refractivity contribution in [2.45, 2.75) is 13.0 Å². The topological polar surface area (TPSA) is 101 Å². The fraction of sp³-hybridized carbons (Fsp3) is 0.312. The lowest BCUT2D eigenvalue weighted by atomic mass is 10.0. The Bertz CT molecular complexity index is 812. The van der Waals surface area contributed by atoms with Gasteiger partial charge in [0.25, 0.3) is 11.8 Å². The van der Waals surface area contributed by atoms with Crippen LogP contribution in [-0.2, 0) is 17.7 Å². The lowest BCUT2D eigenvalue weighted by molar-refractivity contribution is 0.0962. The number of anilines is 1. The van der Waals surface area contributed by atoms with E-state index in [9.17, 15) is 14.4 Å². The van der Waals surface area contributed by atoms with E-state index in [1.807, 2.05) is 0 Å². The summed E-state index contributed by atoms with van der Waals surface area (Å²) < 4.78 is 9.84. The molecule has 1 aliphatic heterocycles.